The normalized spacial score (nSPS) is 32.8. The van der Waals surface area contributed by atoms with E-state index in [4.69, 9.17) is 35.6 Å². The third-order valence-corrected chi connectivity index (χ3v) is 6.83. The number of aromatic nitrogens is 2. The largest absolute Gasteiger partial charge is 0.475 e. The first-order valence-electron chi connectivity index (χ1n) is 9.55. The Morgan fingerprint density at radius 1 is 1.34 bits per heavy atom. The number of nitrogens with two attached hydrogens (primary N) is 1. The molecule has 32 heavy (non-hydrogen) atoms. The molecular weight excluding hydrogens is 472 g/mol. The Labute approximate surface area is 186 Å². The van der Waals surface area contributed by atoms with Crippen LogP contribution in [0.5, 0.6) is 0 Å². The summed E-state index contributed by atoms with van der Waals surface area (Å²) in [5, 5.41) is 20.5. The Morgan fingerprint density at radius 3 is 2.84 bits per heavy atom. The van der Waals surface area contributed by atoms with Gasteiger partial charge in [-0.25, -0.2) is 13.8 Å². The minimum absolute atomic E-state index is 0.0131. The number of nitrogens with zero attached hydrogens (tertiary/aromatic N) is 2. The van der Waals surface area contributed by atoms with E-state index < -0.39 is 56.6 Å². The van der Waals surface area contributed by atoms with E-state index in [0.717, 1.165) is 4.57 Å². The number of anilines is 1. The first kappa shape index (κ1) is 23.3. The molecule has 174 valence electrons. The second-order valence-corrected chi connectivity index (χ2v) is 9.25. The van der Waals surface area contributed by atoms with Crippen LogP contribution in [0.3, 0.4) is 0 Å². The number of hydrogen-bond acceptors (Lipinski definition) is 10. The van der Waals surface area contributed by atoms with Crippen molar-refractivity contribution in [1.82, 2.24) is 9.55 Å². The van der Waals surface area contributed by atoms with Crippen LogP contribution in [0.4, 0.5) is 10.2 Å². The molecule has 0 aliphatic carbocycles. The molecule has 2 aliphatic heterocycles. The molecule has 0 amide bonds. The molecule has 0 spiro atoms. The molecule has 2 aromatic rings. The number of aliphatic hydroxyl groups excluding tert-OH is 2. The van der Waals surface area contributed by atoms with Crippen LogP contribution in [0, 0.1) is 5.82 Å². The van der Waals surface area contributed by atoms with E-state index in [9.17, 15) is 24.0 Å². The van der Waals surface area contributed by atoms with Gasteiger partial charge in [-0.15, -0.1) is 0 Å². The number of halogens is 2. The zero-order chi connectivity index (χ0) is 23.0. The van der Waals surface area contributed by atoms with Crippen LogP contribution in [0.1, 0.15) is 24.3 Å². The van der Waals surface area contributed by atoms with Crippen molar-refractivity contribution < 1.29 is 37.5 Å². The van der Waals surface area contributed by atoms with Gasteiger partial charge in [-0.1, -0.05) is 17.7 Å². The summed E-state index contributed by atoms with van der Waals surface area (Å²) < 4.78 is 48.7. The Bertz CT molecular complexity index is 1100. The van der Waals surface area contributed by atoms with Gasteiger partial charge in [0, 0.05) is 12.6 Å². The van der Waals surface area contributed by atoms with Gasteiger partial charge in [-0.2, -0.15) is 4.98 Å². The third kappa shape index (κ3) is 4.73. The molecule has 2 saturated heterocycles. The van der Waals surface area contributed by atoms with E-state index in [1.165, 1.54) is 30.5 Å². The van der Waals surface area contributed by atoms with E-state index >= 15 is 0 Å². The lowest BCUT2D eigenvalue weighted by atomic mass is 10.1. The van der Waals surface area contributed by atoms with Crippen LogP contribution in [-0.4, -0.2) is 51.3 Å². The number of hydrogen-bond donors (Lipinski definition) is 3. The van der Waals surface area contributed by atoms with Gasteiger partial charge in [0.15, 0.2) is 6.23 Å². The predicted molar refractivity (Wildman–Crippen MR) is 108 cm³/mol. The van der Waals surface area contributed by atoms with Gasteiger partial charge in [0.2, 0.25) is 0 Å². The summed E-state index contributed by atoms with van der Waals surface area (Å²) in [6.07, 6.45) is -4.50. The number of ether oxygens (including phenoxy) is 1. The Balaban J connectivity index is 1.42. The summed E-state index contributed by atoms with van der Waals surface area (Å²) in [4.78, 5) is 15.6. The van der Waals surface area contributed by atoms with Crippen molar-refractivity contribution in [2.75, 3.05) is 18.9 Å². The van der Waals surface area contributed by atoms with Crippen LogP contribution in [0.15, 0.2) is 35.3 Å². The average Bonchev–Trinajstić information content (AvgIpc) is 3.03. The minimum Gasteiger partial charge on any atom is -0.387 e. The lowest BCUT2D eigenvalue weighted by molar-refractivity contribution is -0.0609. The summed E-state index contributed by atoms with van der Waals surface area (Å²) >= 11 is 5.80. The fourth-order valence-corrected chi connectivity index (χ4v) is 4.98. The monoisotopic (exact) mass is 491 g/mol. The van der Waals surface area contributed by atoms with Crippen molar-refractivity contribution in [3.05, 3.63) is 57.3 Å². The zero-order valence-corrected chi connectivity index (χ0v) is 18.1. The van der Waals surface area contributed by atoms with E-state index in [2.05, 4.69) is 4.98 Å². The van der Waals surface area contributed by atoms with E-state index in [1.54, 1.807) is 0 Å². The fourth-order valence-electron chi connectivity index (χ4n) is 3.40. The number of rotatable bonds is 5. The quantitative estimate of drug-likeness (QED) is 0.524. The smallest absolute Gasteiger partial charge is 0.387 e. The number of phosphoric acid groups is 1. The molecular formula is C18H20ClFN3O8P. The first-order chi connectivity index (χ1) is 15.2. The second kappa shape index (κ2) is 9.16. The highest BCUT2D eigenvalue weighted by molar-refractivity contribution is 7.48. The number of nitrogen functional groups attached to an aromatic ring is 1. The van der Waals surface area contributed by atoms with Crippen molar-refractivity contribution in [3.63, 3.8) is 0 Å². The molecule has 1 aromatic carbocycles. The molecule has 0 unspecified atom stereocenters. The molecule has 0 radical (unpaired) electrons. The number of aliphatic hydroxyl groups is 2. The van der Waals surface area contributed by atoms with Crippen LogP contribution < -0.4 is 11.4 Å². The van der Waals surface area contributed by atoms with Crippen LogP contribution >= 0.6 is 19.4 Å². The van der Waals surface area contributed by atoms with Crippen molar-refractivity contribution in [2.45, 2.75) is 37.1 Å². The molecule has 11 nitrogen and oxygen atoms in total. The van der Waals surface area contributed by atoms with Gasteiger partial charge in [-0.05, 0) is 23.8 Å². The van der Waals surface area contributed by atoms with Gasteiger partial charge >= 0.3 is 13.5 Å². The molecule has 14 heteroatoms. The lowest BCUT2D eigenvalue weighted by Crippen LogP contribution is -2.36. The molecule has 0 saturated carbocycles. The van der Waals surface area contributed by atoms with Gasteiger partial charge in [-0.3, -0.25) is 18.1 Å². The SMILES string of the molecule is Nc1ccn([C@@H]2O[C@H](CO[P@]3(=O)OCC[C@H](c4ccc(F)c(Cl)c4)O3)[C@@H](O)[C@@H]2O)c(=O)n1. The summed E-state index contributed by atoms with van der Waals surface area (Å²) in [5.74, 6) is -0.612. The Morgan fingerprint density at radius 2 is 2.12 bits per heavy atom. The standard InChI is InChI=1S/C18H20ClFN3O8P/c19-10-7-9(1-2-11(10)20)12-4-6-28-32(27,31-12)29-8-13-15(24)16(25)17(30-13)23-5-3-14(21)22-18(23)26/h1-3,5,7,12-13,15-17,24-25H,4,6,8H2,(H2,21,22,26)/t12-,13-,15-,16+,17-,32+/m1/s1. The minimum atomic E-state index is -4.08. The lowest BCUT2D eigenvalue weighted by Gasteiger charge is -2.30. The average molecular weight is 492 g/mol. The maximum atomic E-state index is 13.4. The summed E-state index contributed by atoms with van der Waals surface area (Å²) in [6.45, 7) is -0.442. The summed E-state index contributed by atoms with van der Waals surface area (Å²) in [5.41, 5.74) is 5.16. The van der Waals surface area contributed by atoms with Crippen LogP contribution in [0.25, 0.3) is 0 Å². The highest BCUT2D eigenvalue weighted by atomic mass is 35.5. The van der Waals surface area contributed by atoms with Crippen molar-refractivity contribution in [3.8, 4) is 0 Å². The summed E-state index contributed by atoms with van der Waals surface area (Å²) in [6, 6.07) is 5.31. The van der Waals surface area contributed by atoms with Crippen molar-refractivity contribution in [1.29, 1.82) is 0 Å². The summed E-state index contributed by atoms with van der Waals surface area (Å²) in [7, 11) is -4.08. The molecule has 3 heterocycles. The third-order valence-electron chi connectivity index (χ3n) is 5.06. The maximum absolute atomic E-state index is 13.4. The van der Waals surface area contributed by atoms with E-state index in [1.807, 2.05) is 0 Å². The molecule has 6 atom stereocenters. The van der Waals surface area contributed by atoms with Gasteiger partial charge in [0.25, 0.3) is 0 Å². The van der Waals surface area contributed by atoms with Crippen LogP contribution in [-0.2, 0) is 22.9 Å². The van der Waals surface area contributed by atoms with Gasteiger partial charge in [0.05, 0.1) is 24.3 Å². The predicted octanol–water partition coefficient (Wildman–Crippen LogP) is 1.54. The highest BCUT2D eigenvalue weighted by Gasteiger charge is 2.46. The van der Waals surface area contributed by atoms with E-state index in [0.29, 0.717) is 12.0 Å². The molecule has 1 aromatic heterocycles. The highest BCUT2D eigenvalue weighted by Crippen LogP contribution is 2.57. The van der Waals surface area contributed by atoms with Crippen LogP contribution in [0.2, 0.25) is 5.02 Å². The number of phosphoric ester groups is 1. The van der Waals surface area contributed by atoms with Gasteiger partial charge in [0.1, 0.15) is 29.9 Å². The number of benzene rings is 1. The zero-order valence-electron chi connectivity index (χ0n) is 16.4. The molecule has 4 N–H and O–H groups in total. The molecule has 2 aliphatic rings. The fraction of sp³-hybridized carbons (Fsp3) is 0.444. The Hall–Kier alpha value is -1.89. The second-order valence-electron chi connectivity index (χ2n) is 7.22. The molecule has 0 bridgehead atoms. The Kier molecular flexibility index (Phi) is 6.66. The van der Waals surface area contributed by atoms with Gasteiger partial charge < -0.3 is 20.7 Å². The molecule has 4 rings (SSSR count). The van der Waals surface area contributed by atoms with Crippen molar-refractivity contribution in [2.24, 2.45) is 0 Å². The topological polar surface area (TPSA) is 155 Å². The van der Waals surface area contributed by atoms with Crippen molar-refractivity contribution >= 4 is 25.2 Å². The first-order valence-corrected chi connectivity index (χ1v) is 11.4. The maximum Gasteiger partial charge on any atom is 0.475 e. The molecule has 2 fully saturated rings. The van der Waals surface area contributed by atoms with E-state index in [-0.39, 0.29) is 17.4 Å².